The smallest absolute Gasteiger partial charge is 0.113 e. The minimum Gasteiger partial charge on any atom is -0.468 e. The summed E-state index contributed by atoms with van der Waals surface area (Å²) in [7, 11) is 0. The molecule has 0 bridgehead atoms. The number of nitrogens with two attached hydrogens (primary N) is 1. The van der Waals surface area contributed by atoms with E-state index in [9.17, 15) is 0 Å². The van der Waals surface area contributed by atoms with E-state index in [1.807, 2.05) is 24.3 Å². The Hall–Kier alpha value is -1.06. The van der Waals surface area contributed by atoms with Crippen LogP contribution in [0.1, 0.15) is 5.76 Å². The van der Waals surface area contributed by atoms with Gasteiger partial charge in [-0.1, -0.05) is 17.7 Å². The third kappa shape index (κ3) is 2.49. The number of nitrogen functional groups attached to an aromatic ring is 1. The van der Waals surface area contributed by atoms with Gasteiger partial charge in [0.15, 0.2) is 0 Å². The van der Waals surface area contributed by atoms with Gasteiger partial charge >= 0.3 is 0 Å². The number of thioether (sulfide) groups is 1. The summed E-state index contributed by atoms with van der Waals surface area (Å²) >= 11 is 7.53. The van der Waals surface area contributed by atoms with Crippen LogP contribution >= 0.6 is 23.4 Å². The average molecular weight is 240 g/mol. The minimum atomic E-state index is 0.597. The number of rotatable bonds is 3. The van der Waals surface area contributed by atoms with Crippen LogP contribution in [0.2, 0.25) is 5.02 Å². The van der Waals surface area contributed by atoms with E-state index in [4.69, 9.17) is 21.8 Å². The maximum absolute atomic E-state index is 5.91. The topological polar surface area (TPSA) is 39.2 Å². The summed E-state index contributed by atoms with van der Waals surface area (Å²) in [4.78, 5) is 0.985. The lowest BCUT2D eigenvalue weighted by Crippen LogP contribution is -1.89. The molecule has 1 heterocycles. The van der Waals surface area contributed by atoms with Crippen molar-refractivity contribution in [2.75, 3.05) is 5.73 Å². The van der Waals surface area contributed by atoms with E-state index >= 15 is 0 Å². The van der Waals surface area contributed by atoms with Gasteiger partial charge in [-0.25, -0.2) is 0 Å². The minimum absolute atomic E-state index is 0.597. The SMILES string of the molecule is Nc1c(Cl)cccc1SCc1ccco1. The van der Waals surface area contributed by atoms with Crippen molar-refractivity contribution in [3.8, 4) is 0 Å². The van der Waals surface area contributed by atoms with Crippen molar-refractivity contribution in [3.63, 3.8) is 0 Å². The van der Waals surface area contributed by atoms with Crippen LogP contribution in [0.15, 0.2) is 45.9 Å². The molecule has 2 rings (SSSR count). The van der Waals surface area contributed by atoms with Gasteiger partial charge in [0.25, 0.3) is 0 Å². The monoisotopic (exact) mass is 239 g/mol. The lowest BCUT2D eigenvalue weighted by Gasteiger charge is -2.05. The van der Waals surface area contributed by atoms with E-state index in [0.29, 0.717) is 10.7 Å². The predicted octanol–water partition coefficient (Wildman–Crippen LogP) is 3.81. The first-order valence-corrected chi connectivity index (χ1v) is 5.83. The van der Waals surface area contributed by atoms with Crippen LogP contribution in [-0.2, 0) is 5.75 Å². The lowest BCUT2D eigenvalue weighted by atomic mass is 10.3. The first-order chi connectivity index (χ1) is 7.27. The van der Waals surface area contributed by atoms with Crippen LogP contribution in [0.25, 0.3) is 0 Å². The van der Waals surface area contributed by atoms with Gasteiger partial charge < -0.3 is 10.2 Å². The number of hydrogen-bond donors (Lipinski definition) is 1. The molecule has 0 saturated carbocycles. The van der Waals surface area contributed by atoms with Crippen LogP contribution < -0.4 is 5.73 Å². The van der Waals surface area contributed by atoms with Gasteiger partial charge in [0.05, 0.1) is 22.7 Å². The van der Waals surface area contributed by atoms with E-state index in [1.165, 1.54) is 0 Å². The van der Waals surface area contributed by atoms with Crippen molar-refractivity contribution in [1.82, 2.24) is 0 Å². The summed E-state index contributed by atoms with van der Waals surface area (Å²) < 4.78 is 5.23. The fourth-order valence-corrected chi connectivity index (χ4v) is 2.32. The van der Waals surface area contributed by atoms with E-state index in [1.54, 1.807) is 24.1 Å². The predicted molar refractivity (Wildman–Crippen MR) is 64.1 cm³/mol. The molecular weight excluding hydrogens is 230 g/mol. The summed E-state index contributed by atoms with van der Waals surface area (Å²) in [6, 6.07) is 9.44. The zero-order valence-electron chi connectivity index (χ0n) is 7.94. The van der Waals surface area contributed by atoms with Gasteiger partial charge in [0.1, 0.15) is 5.76 Å². The van der Waals surface area contributed by atoms with Gasteiger partial charge in [-0.2, -0.15) is 0 Å². The molecule has 2 aromatic rings. The zero-order valence-corrected chi connectivity index (χ0v) is 9.52. The average Bonchev–Trinajstić information content (AvgIpc) is 2.73. The van der Waals surface area contributed by atoms with E-state index in [-0.39, 0.29) is 0 Å². The second kappa shape index (κ2) is 4.64. The second-order valence-corrected chi connectivity index (χ2v) is 4.44. The number of furan rings is 1. The van der Waals surface area contributed by atoms with Gasteiger partial charge in [-0.3, -0.25) is 0 Å². The maximum Gasteiger partial charge on any atom is 0.113 e. The molecule has 0 aliphatic rings. The van der Waals surface area contributed by atoms with Crippen LogP contribution in [0.4, 0.5) is 5.69 Å². The highest BCUT2D eigenvalue weighted by molar-refractivity contribution is 7.98. The van der Waals surface area contributed by atoms with Crippen LogP contribution in [-0.4, -0.2) is 0 Å². The van der Waals surface area contributed by atoms with E-state index in [2.05, 4.69) is 0 Å². The molecule has 2 N–H and O–H groups in total. The summed E-state index contributed by atoms with van der Waals surface area (Å²) in [5, 5.41) is 0.597. The molecular formula is C11H10ClNOS. The Morgan fingerprint density at radius 3 is 2.87 bits per heavy atom. The Labute approximate surface area is 97.4 Å². The Bertz CT molecular complexity index is 442. The quantitative estimate of drug-likeness (QED) is 0.654. The molecule has 0 saturated heterocycles. The van der Waals surface area contributed by atoms with E-state index in [0.717, 1.165) is 16.4 Å². The summed E-state index contributed by atoms with van der Waals surface area (Å²) in [6.07, 6.45) is 1.66. The van der Waals surface area contributed by atoms with Crippen molar-refractivity contribution in [1.29, 1.82) is 0 Å². The molecule has 15 heavy (non-hydrogen) atoms. The van der Waals surface area contributed by atoms with Crippen molar-refractivity contribution in [3.05, 3.63) is 47.4 Å². The van der Waals surface area contributed by atoms with Crippen molar-refractivity contribution >= 4 is 29.1 Å². The normalized spacial score (nSPS) is 10.5. The maximum atomic E-state index is 5.91. The van der Waals surface area contributed by atoms with Gasteiger partial charge in [0.2, 0.25) is 0 Å². The summed E-state index contributed by atoms with van der Waals surface area (Å²) in [5.74, 6) is 1.69. The third-order valence-electron chi connectivity index (χ3n) is 1.96. The molecule has 0 spiro atoms. The number of para-hydroxylation sites is 1. The summed E-state index contributed by atoms with van der Waals surface area (Å²) in [5.41, 5.74) is 6.47. The lowest BCUT2D eigenvalue weighted by molar-refractivity contribution is 0.530. The van der Waals surface area contributed by atoms with E-state index < -0.39 is 0 Å². The molecule has 2 nitrogen and oxygen atoms in total. The highest BCUT2D eigenvalue weighted by Crippen LogP contribution is 2.32. The van der Waals surface area contributed by atoms with Crippen molar-refractivity contribution < 1.29 is 4.42 Å². The first kappa shape index (κ1) is 10.5. The van der Waals surface area contributed by atoms with Crippen LogP contribution in [0.3, 0.4) is 0 Å². The highest BCUT2D eigenvalue weighted by atomic mass is 35.5. The number of benzene rings is 1. The fraction of sp³-hybridized carbons (Fsp3) is 0.0909. The fourth-order valence-electron chi connectivity index (χ4n) is 1.19. The zero-order chi connectivity index (χ0) is 10.7. The third-order valence-corrected chi connectivity index (χ3v) is 3.39. The van der Waals surface area contributed by atoms with Gasteiger partial charge in [-0.05, 0) is 24.3 Å². The summed E-state index contributed by atoms with van der Waals surface area (Å²) in [6.45, 7) is 0. The molecule has 0 radical (unpaired) electrons. The molecule has 78 valence electrons. The standard InChI is InChI=1S/C11H10ClNOS/c12-9-4-1-5-10(11(9)13)15-7-8-3-2-6-14-8/h1-6H,7,13H2. The van der Waals surface area contributed by atoms with Crippen molar-refractivity contribution in [2.24, 2.45) is 0 Å². The second-order valence-electron chi connectivity index (χ2n) is 3.02. The molecule has 0 unspecified atom stereocenters. The molecule has 0 aliphatic carbocycles. The molecule has 1 aromatic carbocycles. The molecule has 0 atom stereocenters. The Kier molecular flexibility index (Phi) is 3.23. The van der Waals surface area contributed by atoms with Crippen LogP contribution in [0, 0.1) is 0 Å². The largest absolute Gasteiger partial charge is 0.468 e. The van der Waals surface area contributed by atoms with Crippen molar-refractivity contribution in [2.45, 2.75) is 10.6 Å². The Balaban J connectivity index is 2.08. The first-order valence-electron chi connectivity index (χ1n) is 4.46. The molecule has 0 fully saturated rings. The number of anilines is 1. The molecule has 1 aromatic heterocycles. The highest BCUT2D eigenvalue weighted by Gasteiger charge is 2.04. The molecule has 4 heteroatoms. The number of halogens is 1. The van der Waals surface area contributed by atoms with Crippen LogP contribution in [0.5, 0.6) is 0 Å². The van der Waals surface area contributed by atoms with Gasteiger partial charge in [0, 0.05) is 4.90 Å². The molecule has 0 amide bonds. The van der Waals surface area contributed by atoms with Gasteiger partial charge in [-0.15, -0.1) is 11.8 Å². The Morgan fingerprint density at radius 2 is 2.13 bits per heavy atom. The Morgan fingerprint density at radius 1 is 1.27 bits per heavy atom. The number of hydrogen-bond acceptors (Lipinski definition) is 3. The molecule has 0 aliphatic heterocycles.